The summed E-state index contributed by atoms with van der Waals surface area (Å²) in [5.74, 6) is 0.444. The van der Waals surface area contributed by atoms with Gasteiger partial charge in [0, 0.05) is 0 Å². The molecular formula is C8H17NO. The van der Waals surface area contributed by atoms with Gasteiger partial charge in [-0.3, -0.25) is 0 Å². The van der Waals surface area contributed by atoms with Crippen molar-refractivity contribution in [2.45, 2.75) is 40.0 Å². The minimum atomic E-state index is 0.444. The van der Waals surface area contributed by atoms with E-state index < -0.39 is 0 Å². The van der Waals surface area contributed by atoms with E-state index >= 15 is 0 Å². The molecule has 0 aliphatic carbocycles. The maximum Gasteiger partial charge on any atom is 0.0596 e. The molecule has 1 N–H and O–H groups in total. The summed E-state index contributed by atoms with van der Waals surface area (Å²) >= 11 is 0. The van der Waals surface area contributed by atoms with Gasteiger partial charge in [-0.1, -0.05) is 32.3 Å². The quantitative estimate of drug-likeness (QED) is 0.366. The Morgan fingerprint density at radius 1 is 1.50 bits per heavy atom. The van der Waals surface area contributed by atoms with Crippen molar-refractivity contribution in [1.29, 1.82) is 0 Å². The second-order valence-electron chi connectivity index (χ2n) is 2.63. The SMILES string of the molecule is CCCC(C)C(CC)=NO. The molecule has 2 nitrogen and oxygen atoms in total. The maximum atomic E-state index is 8.51. The smallest absolute Gasteiger partial charge is 0.0596 e. The lowest BCUT2D eigenvalue weighted by Crippen LogP contribution is -2.09. The summed E-state index contributed by atoms with van der Waals surface area (Å²) < 4.78 is 0. The van der Waals surface area contributed by atoms with Crippen LogP contribution in [0.4, 0.5) is 0 Å². The van der Waals surface area contributed by atoms with Crippen molar-refractivity contribution in [3.05, 3.63) is 0 Å². The molecule has 0 aromatic heterocycles. The van der Waals surface area contributed by atoms with Crippen LogP contribution in [0.15, 0.2) is 5.16 Å². The second kappa shape index (κ2) is 5.27. The van der Waals surface area contributed by atoms with E-state index in [1.807, 2.05) is 6.92 Å². The van der Waals surface area contributed by atoms with Gasteiger partial charge in [-0.2, -0.15) is 0 Å². The van der Waals surface area contributed by atoms with E-state index in [0.29, 0.717) is 5.92 Å². The molecule has 0 aliphatic heterocycles. The Bertz CT molecular complexity index is 110. The Morgan fingerprint density at radius 2 is 2.10 bits per heavy atom. The summed E-state index contributed by atoms with van der Waals surface area (Å²) in [7, 11) is 0. The Kier molecular flexibility index (Phi) is 4.99. The van der Waals surface area contributed by atoms with Crippen molar-refractivity contribution in [1.82, 2.24) is 0 Å². The summed E-state index contributed by atoms with van der Waals surface area (Å²) in [6.45, 7) is 6.25. The molecule has 2 heteroatoms. The van der Waals surface area contributed by atoms with E-state index in [0.717, 1.165) is 25.0 Å². The highest BCUT2D eigenvalue weighted by molar-refractivity contribution is 5.85. The Labute approximate surface area is 62.9 Å². The van der Waals surface area contributed by atoms with Gasteiger partial charge in [0.25, 0.3) is 0 Å². The molecule has 0 radical (unpaired) electrons. The third-order valence-corrected chi connectivity index (χ3v) is 1.78. The molecule has 0 aromatic rings. The van der Waals surface area contributed by atoms with Crippen molar-refractivity contribution < 1.29 is 5.21 Å². The summed E-state index contributed by atoms with van der Waals surface area (Å²) in [4.78, 5) is 0. The van der Waals surface area contributed by atoms with Gasteiger partial charge >= 0.3 is 0 Å². The van der Waals surface area contributed by atoms with E-state index in [9.17, 15) is 0 Å². The van der Waals surface area contributed by atoms with E-state index in [1.165, 1.54) is 0 Å². The van der Waals surface area contributed by atoms with Crippen LogP contribution >= 0.6 is 0 Å². The molecule has 0 aromatic carbocycles. The summed E-state index contributed by atoms with van der Waals surface area (Å²) in [6, 6.07) is 0. The molecule has 0 amide bonds. The zero-order valence-electron chi connectivity index (χ0n) is 7.09. The van der Waals surface area contributed by atoms with Crippen LogP contribution in [0.25, 0.3) is 0 Å². The minimum absolute atomic E-state index is 0.444. The van der Waals surface area contributed by atoms with Crippen molar-refractivity contribution >= 4 is 5.71 Å². The van der Waals surface area contributed by atoms with Crippen LogP contribution in [0.3, 0.4) is 0 Å². The number of hydrogen-bond donors (Lipinski definition) is 1. The first-order valence-electron chi connectivity index (χ1n) is 3.97. The highest BCUT2D eigenvalue weighted by atomic mass is 16.4. The molecule has 0 heterocycles. The molecule has 60 valence electrons. The molecule has 0 rings (SSSR count). The first kappa shape index (κ1) is 9.47. The van der Waals surface area contributed by atoms with Gasteiger partial charge < -0.3 is 5.21 Å². The predicted octanol–water partition coefficient (Wildman–Crippen LogP) is 2.66. The fourth-order valence-electron chi connectivity index (χ4n) is 1.12. The fraction of sp³-hybridized carbons (Fsp3) is 0.875. The average Bonchev–Trinajstić information content (AvgIpc) is 1.91. The maximum absolute atomic E-state index is 8.51. The number of hydrogen-bond acceptors (Lipinski definition) is 2. The molecule has 0 bridgehead atoms. The van der Waals surface area contributed by atoms with Gasteiger partial charge in [-0.25, -0.2) is 0 Å². The normalized spacial score (nSPS) is 15.3. The Hall–Kier alpha value is -0.530. The Balaban J connectivity index is 3.77. The van der Waals surface area contributed by atoms with E-state index in [2.05, 4.69) is 19.0 Å². The highest BCUT2D eigenvalue weighted by Gasteiger charge is 2.06. The van der Waals surface area contributed by atoms with E-state index in [-0.39, 0.29) is 0 Å². The topological polar surface area (TPSA) is 32.6 Å². The van der Waals surface area contributed by atoms with Crippen molar-refractivity contribution in [3.8, 4) is 0 Å². The first-order valence-corrected chi connectivity index (χ1v) is 3.97. The van der Waals surface area contributed by atoms with Crippen LogP contribution in [0.2, 0.25) is 0 Å². The lowest BCUT2D eigenvalue weighted by molar-refractivity contribution is 0.313. The van der Waals surface area contributed by atoms with Crippen LogP contribution in [0, 0.1) is 5.92 Å². The van der Waals surface area contributed by atoms with Gasteiger partial charge in [-0.05, 0) is 18.8 Å². The van der Waals surface area contributed by atoms with E-state index in [4.69, 9.17) is 5.21 Å². The average molecular weight is 143 g/mol. The lowest BCUT2D eigenvalue weighted by atomic mass is 9.99. The fourth-order valence-corrected chi connectivity index (χ4v) is 1.12. The van der Waals surface area contributed by atoms with Gasteiger partial charge in [0.05, 0.1) is 5.71 Å². The highest BCUT2D eigenvalue weighted by Crippen LogP contribution is 2.09. The van der Waals surface area contributed by atoms with Gasteiger partial charge in [-0.15, -0.1) is 0 Å². The standard InChI is InChI=1S/C8H17NO/c1-4-6-7(3)8(5-2)9-10/h7,10H,4-6H2,1-3H3. The van der Waals surface area contributed by atoms with Gasteiger partial charge in [0.1, 0.15) is 0 Å². The molecule has 1 atom stereocenters. The van der Waals surface area contributed by atoms with Crippen molar-refractivity contribution in [3.63, 3.8) is 0 Å². The van der Waals surface area contributed by atoms with Crippen LogP contribution in [-0.4, -0.2) is 10.9 Å². The molecular weight excluding hydrogens is 126 g/mol. The first-order chi connectivity index (χ1) is 4.76. The zero-order chi connectivity index (χ0) is 7.98. The molecule has 0 spiro atoms. The summed E-state index contributed by atoms with van der Waals surface area (Å²) in [5.41, 5.74) is 0.918. The van der Waals surface area contributed by atoms with Crippen molar-refractivity contribution in [2.24, 2.45) is 11.1 Å². The number of rotatable bonds is 4. The molecule has 0 saturated carbocycles. The molecule has 1 unspecified atom stereocenters. The van der Waals surface area contributed by atoms with Crippen LogP contribution in [-0.2, 0) is 0 Å². The number of nitrogens with zero attached hydrogens (tertiary/aromatic N) is 1. The van der Waals surface area contributed by atoms with Crippen molar-refractivity contribution in [2.75, 3.05) is 0 Å². The summed E-state index contributed by atoms with van der Waals surface area (Å²) in [6.07, 6.45) is 3.13. The predicted molar refractivity (Wildman–Crippen MR) is 43.6 cm³/mol. The van der Waals surface area contributed by atoms with Gasteiger partial charge in [0.15, 0.2) is 0 Å². The zero-order valence-corrected chi connectivity index (χ0v) is 7.09. The second-order valence-corrected chi connectivity index (χ2v) is 2.63. The minimum Gasteiger partial charge on any atom is -0.411 e. The Morgan fingerprint density at radius 3 is 2.40 bits per heavy atom. The van der Waals surface area contributed by atoms with Crippen LogP contribution in [0.5, 0.6) is 0 Å². The molecule has 0 aliphatic rings. The largest absolute Gasteiger partial charge is 0.411 e. The van der Waals surface area contributed by atoms with Crippen LogP contribution in [0.1, 0.15) is 40.0 Å². The molecule has 0 saturated heterocycles. The molecule has 10 heavy (non-hydrogen) atoms. The number of oxime groups is 1. The lowest BCUT2D eigenvalue weighted by Gasteiger charge is -2.08. The third kappa shape index (κ3) is 2.85. The van der Waals surface area contributed by atoms with Gasteiger partial charge in [0.2, 0.25) is 0 Å². The third-order valence-electron chi connectivity index (χ3n) is 1.78. The molecule has 0 fully saturated rings. The monoisotopic (exact) mass is 143 g/mol. The van der Waals surface area contributed by atoms with E-state index in [1.54, 1.807) is 0 Å². The van der Waals surface area contributed by atoms with Crippen LogP contribution < -0.4 is 0 Å². The summed E-state index contributed by atoms with van der Waals surface area (Å²) in [5, 5.41) is 11.8.